The lowest BCUT2D eigenvalue weighted by molar-refractivity contribution is -0.121. The Kier molecular flexibility index (Phi) is 5.06. The molecule has 0 saturated carbocycles. The molecule has 1 N–H and O–H groups in total. The molecule has 2 aromatic rings. The van der Waals surface area contributed by atoms with Crippen LogP contribution in [0.4, 0.5) is 0 Å². The van der Waals surface area contributed by atoms with E-state index in [2.05, 4.69) is 10.3 Å². The molecule has 1 fully saturated rings. The average molecular weight is 350 g/mol. The van der Waals surface area contributed by atoms with Gasteiger partial charge in [0.05, 0.1) is 19.6 Å². The van der Waals surface area contributed by atoms with Crippen molar-refractivity contribution in [3.63, 3.8) is 0 Å². The van der Waals surface area contributed by atoms with Crippen molar-refractivity contribution in [3.05, 3.63) is 47.0 Å². The Labute approximate surface area is 145 Å². The first-order valence-corrected chi connectivity index (χ1v) is 8.17. The summed E-state index contributed by atoms with van der Waals surface area (Å²) in [6.07, 6.45) is 4.33. The van der Waals surface area contributed by atoms with Crippen LogP contribution in [-0.4, -0.2) is 35.2 Å². The smallest absolute Gasteiger partial charge is 0.224 e. The highest BCUT2D eigenvalue weighted by atomic mass is 35.5. The maximum absolute atomic E-state index is 12.5. The summed E-state index contributed by atoms with van der Waals surface area (Å²) >= 11 is 6.02. The first-order valence-electron chi connectivity index (χ1n) is 7.79. The zero-order valence-electron chi connectivity index (χ0n) is 13.7. The highest BCUT2D eigenvalue weighted by Gasteiger charge is 2.33. The van der Waals surface area contributed by atoms with E-state index in [0.717, 1.165) is 17.8 Å². The molecule has 0 unspecified atom stereocenters. The zero-order chi connectivity index (χ0) is 17.1. The Balaban J connectivity index is 1.69. The molecule has 2 heterocycles. The molecular formula is C17H20ClN3O3. The highest BCUT2D eigenvalue weighted by Crippen LogP contribution is 2.28. The molecule has 0 bridgehead atoms. The van der Waals surface area contributed by atoms with Crippen LogP contribution in [0, 0.1) is 0 Å². The van der Waals surface area contributed by atoms with Crippen LogP contribution in [0.15, 0.2) is 30.6 Å². The summed E-state index contributed by atoms with van der Waals surface area (Å²) in [5.74, 6) is 1.38. The Morgan fingerprint density at radius 2 is 2.38 bits per heavy atom. The summed E-state index contributed by atoms with van der Waals surface area (Å²) in [5, 5.41) is 3.63. The number of carbonyl (C=O) groups is 1. The van der Waals surface area contributed by atoms with Gasteiger partial charge in [-0.25, -0.2) is 4.98 Å². The van der Waals surface area contributed by atoms with E-state index in [-0.39, 0.29) is 24.5 Å². The summed E-state index contributed by atoms with van der Waals surface area (Å²) < 4.78 is 13.0. The normalized spacial score (nSPS) is 20.1. The third-order valence-corrected chi connectivity index (χ3v) is 4.38. The minimum atomic E-state index is -0.227. The standard InChI is InChI=1S/C17H20ClN3O3/c1-21-7-6-19-17(21)16-13(5-8-24-16)20-15(22)10-11-9-12(18)3-4-14(11)23-2/h3-4,6-7,9,13,16H,5,8,10H2,1-2H3,(H,20,22)/t13-,16-/m0/s1. The summed E-state index contributed by atoms with van der Waals surface area (Å²) in [7, 11) is 3.49. The van der Waals surface area contributed by atoms with Gasteiger partial charge >= 0.3 is 0 Å². The fourth-order valence-corrected chi connectivity index (χ4v) is 3.15. The van der Waals surface area contributed by atoms with E-state index in [0.29, 0.717) is 17.4 Å². The lowest BCUT2D eigenvalue weighted by Crippen LogP contribution is -2.38. The second kappa shape index (κ2) is 7.23. The molecule has 1 aliphatic heterocycles. The van der Waals surface area contributed by atoms with Gasteiger partial charge in [-0.1, -0.05) is 11.6 Å². The van der Waals surface area contributed by atoms with Gasteiger partial charge in [0.2, 0.25) is 5.91 Å². The summed E-state index contributed by atoms with van der Waals surface area (Å²) in [5.41, 5.74) is 0.759. The highest BCUT2D eigenvalue weighted by molar-refractivity contribution is 6.30. The predicted octanol–water partition coefficient (Wildman–Crippen LogP) is 2.27. The van der Waals surface area contributed by atoms with Crippen LogP contribution in [-0.2, 0) is 23.0 Å². The fraction of sp³-hybridized carbons (Fsp3) is 0.412. The molecule has 1 aromatic carbocycles. The van der Waals surface area contributed by atoms with E-state index >= 15 is 0 Å². The van der Waals surface area contributed by atoms with Gasteiger partial charge in [-0.15, -0.1) is 0 Å². The van der Waals surface area contributed by atoms with Crippen LogP contribution >= 0.6 is 11.6 Å². The van der Waals surface area contributed by atoms with Crippen molar-refractivity contribution in [1.29, 1.82) is 0 Å². The van der Waals surface area contributed by atoms with Crippen molar-refractivity contribution < 1.29 is 14.3 Å². The quantitative estimate of drug-likeness (QED) is 0.899. The number of aryl methyl sites for hydroxylation is 1. The molecule has 128 valence electrons. The van der Waals surface area contributed by atoms with Gasteiger partial charge in [0.25, 0.3) is 0 Å². The summed E-state index contributed by atoms with van der Waals surface area (Å²) in [4.78, 5) is 16.8. The number of benzene rings is 1. The number of imidazole rings is 1. The van der Waals surface area contributed by atoms with Gasteiger partial charge in [0.15, 0.2) is 0 Å². The zero-order valence-corrected chi connectivity index (χ0v) is 14.4. The number of carbonyl (C=O) groups excluding carboxylic acids is 1. The molecule has 2 atom stereocenters. The fourth-order valence-electron chi connectivity index (χ4n) is 2.96. The molecule has 0 aliphatic carbocycles. The van der Waals surface area contributed by atoms with Crippen LogP contribution < -0.4 is 10.1 Å². The molecule has 3 rings (SSSR count). The van der Waals surface area contributed by atoms with Crippen molar-refractivity contribution in [2.45, 2.75) is 25.0 Å². The number of nitrogens with zero attached hydrogens (tertiary/aromatic N) is 2. The second-order valence-electron chi connectivity index (χ2n) is 5.78. The number of aromatic nitrogens is 2. The van der Waals surface area contributed by atoms with Gasteiger partial charge in [-0.2, -0.15) is 0 Å². The number of hydrogen-bond acceptors (Lipinski definition) is 4. The van der Waals surface area contributed by atoms with E-state index in [1.54, 1.807) is 31.5 Å². The molecule has 1 aromatic heterocycles. The van der Waals surface area contributed by atoms with Crippen molar-refractivity contribution >= 4 is 17.5 Å². The topological polar surface area (TPSA) is 65.4 Å². The minimum absolute atomic E-state index is 0.0923. The lowest BCUT2D eigenvalue weighted by Gasteiger charge is -2.20. The molecule has 1 saturated heterocycles. The maximum atomic E-state index is 12.5. The van der Waals surface area contributed by atoms with E-state index in [1.807, 2.05) is 17.8 Å². The van der Waals surface area contributed by atoms with E-state index in [4.69, 9.17) is 21.1 Å². The molecule has 6 nitrogen and oxygen atoms in total. The Morgan fingerprint density at radius 1 is 1.54 bits per heavy atom. The van der Waals surface area contributed by atoms with Crippen molar-refractivity contribution in [2.24, 2.45) is 7.05 Å². The molecule has 0 spiro atoms. The van der Waals surface area contributed by atoms with Crippen molar-refractivity contribution in [2.75, 3.05) is 13.7 Å². The van der Waals surface area contributed by atoms with Gasteiger partial charge in [-0.05, 0) is 24.6 Å². The largest absolute Gasteiger partial charge is 0.496 e. The maximum Gasteiger partial charge on any atom is 0.224 e. The third kappa shape index (κ3) is 3.55. The predicted molar refractivity (Wildman–Crippen MR) is 90.2 cm³/mol. The molecule has 0 radical (unpaired) electrons. The number of nitrogens with one attached hydrogen (secondary N) is 1. The summed E-state index contributed by atoms with van der Waals surface area (Å²) in [6.45, 7) is 0.600. The number of rotatable bonds is 5. The first-order chi connectivity index (χ1) is 11.6. The number of amides is 1. The Morgan fingerprint density at radius 3 is 3.08 bits per heavy atom. The second-order valence-corrected chi connectivity index (χ2v) is 6.22. The van der Waals surface area contributed by atoms with Crippen LogP contribution in [0.3, 0.4) is 0 Å². The third-order valence-electron chi connectivity index (χ3n) is 4.14. The number of hydrogen-bond donors (Lipinski definition) is 1. The first kappa shape index (κ1) is 16.8. The van der Waals surface area contributed by atoms with Gasteiger partial charge < -0.3 is 19.4 Å². The molecule has 1 amide bonds. The number of ether oxygens (including phenoxy) is 2. The number of methoxy groups -OCH3 is 1. The SMILES string of the molecule is COc1ccc(Cl)cc1CC(=O)N[C@H]1CCO[C@@H]1c1nccn1C. The van der Waals surface area contributed by atoms with Gasteiger partial charge in [0, 0.05) is 36.6 Å². The number of halogens is 1. The average Bonchev–Trinajstić information content (AvgIpc) is 3.16. The van der Waals surface area contributed by atoms with Gasteiger partial charge in [0.1, 0.15) is 17.7 Å². The van der Waals surface area contributed by atoms with Crippen LogP contribution in [0.25, 0.3) is 0 Å². The lowest BCUT2D eigenvalue weighted by atomic mass is 10.1. The van der Waals surface area contributed by atoms with Crippen LogP contribution in [0.1, 0.15) is 23.9 Å². The van der Waals surface area contributed by atoms with Crippen LogP contribution in [0.5, 0.6) is 5.75 Å². The van der Waals surface area contributed by atoms with Gasteiger partial charge in [-0.3, -0.25) is 4.79 Å². The Bertz CT molecular complexity index is 732. The molecule has 1 aliphatic rings. The van der Waals surface area contributed by atoms with Crippen LogP contribution in [0.2, 0.25) is 5.02 Å². The Hall–Kier alpha value is -2.05. The van der Waals surface area contributed by atoms with E-state index in [1.165, 1.54) is 0 Å². The van der Waals surface area contributed by atoms with E-state index in [9.17, 15) is 4.79 Å². The minimum Gasteiger partial charge on any atom is -0.496 e. The molecular weight excluding hydrogens is 330 g/mol. The van der Waals surface area contributed by atoms with Crippen molar-refractivity contribution in [1.82, 2.24) is 14.9 Å². The monoisotopic (exact) mass is 349 g/mol. The van der Waals surface area contributed by atoms with E-state index < -0.39 is 0 Å². The molecule has 24 heavy (non-hydrogen) atoms. The molecule has 7 heteroatoms. The summed E-state index contributed by atoms with van der Waals surface area (Å²) in [6, 6.07) is 5.16. The van der Waals surface area contributed by atoms with Crippen molar-refractivity contribution in [3.8, 4) is 5.75 Å².